The molecule has 0 bridgehead atoms. The molecule has 0 fully saturated rings. The lowest BCUT2D eigenvalue weighted by Gasteiger charge is -2.24. The number of phosphoric ester groups is 1. The summed E-state index contributed by atoms with van der Waals surface area (Å²) in [5.74, 6) is -0.790. The molecule has 0 heterocycles. The molecule has 0 spiro atoms. The first-order chi connectivity index (χ1) is 28.0. The SMILES string of the molecule is CCCCCCCCCC/C=C\CCCCCCCCCCCCCCCC(=O)OC(COC(=O)CCCCCCCCCCC)COP(=O)(O)OCC[N+](C)(C)C. The molecule has 0 aromatic carbocycles. The number of ether oxygens (including phenoxy) is 2. The van der Waals surface area contributed by atoms with Gasteiger partial charge in [0, 0.05) is 12.8 Å². The van der Waals surface area contributed by atoms with Gasteiger partial charge >= 0.3 is 19.8 Å². The number of phosphoric acid groups is 1. The Morgan fingerprint density at radius 1 is 0.517 bits per heavy atom. The third kappa shape index (κ3) is 44.3. The van der Waals surface area contributed by atoms with Gasteiger partial charge in [0.05, 0.1) is 27.7 Å². The van der Waals surface area contributed by atoms with Crippen molar-refractivity contribution < 1.29 is 42.1 Å². The summed E-state index contributed by atoms with van der Waals surface area (Å²) in [6.45, 7) is 4.43. The Balaban J connectivity index is 4.10. The molecule has 0 saturated carbocycles. The summed E-state index contributed by atoms with van der Waals surface area (Å²) in [6.07, 6.45) is 44.2. The number of carbonyl (C=O) groups is 2. The van der Waals surface area contributed by atoms with Crippen molar-refractivity contribution in [3.8, 4) is 0 Å². The number of allylic oxidation sites excluding steroid dienone is 2. The van der Waals surface area contributed by atoms with Crippen molar-refractivity contribution in [3.63, 3.8) is 0 Å². The van der Waals surface area contributed by atoms with Crippen molar-refractivity contribution in [2.75, 3.05) is 47.5 Å². The molecule has 0 rings (SSSR count). The van der Waals surface area contributed by atoms with Crippen molar-refractivity contribution in [1.82, 2.24) is 0 Å². The second-order valence-electron chi connectivity index (χ2n) is 17.9. The van der Waals surface area contributed by atoms with E-state index in [-0.39, 0.29) is 25.6 Å². The highest BCUT2D eigenvalue weighted by Gasteiger charge is 2.27. The molecule has 0 aromatic rings. The predicted octanol–water partition coefficient (Wildman–Crippen LogP) is 14.1. The van der Waals surface area contributed by atoms with Crippen molar-refractivity contribution in [1.29, 1.82) is 0 Å². The molecule has 0 amide bonds. The molecular formula is C48H95NO8P+. The zero-order valence-electron chi connectivity index (χ0n) is 38.8. The fourth-order valence-corrected chi connectivity index (χ4v) is 7.69. The van der Waals surface area contributed by atoms with E-state index >= 15 is 0 Å². The van der Waals surface area contributed by atoms with Crippen molar-refractivity contribution in [2.24, 2.45) is 0 Å². The standard InChI is InChI=1S/C48H94NO8P/c1-6-8-10-12-14-16-17-18-19-20-21-22-23-24-25-26-27-28-29-30-31-33-35-37-39-41-48(51)57-46(45-56-58(52,53)55-43-42-49(3,4)5)44-54-47(50)40-38-36-34-32-15-13-11-9-7-2/h20-21,46H,6-19,22-45H2,1-5H3/p+1/b21-20-. The molecule has 0 aromatic heterocycles. The minimum atomic E-state index is -4.37. The second-order valence-corrected chi connectivity index (χ2v) is 19.3. The molecule has 0 aliphatic rings. The minimum absolute atomic E-state index is 0.0351. The molecule has 0 aliphatic carbocycles. The number of hydrogen-bond acceptors (Lipinski definition) is 7. The lowest BCUT2D eigenvalue weighted by atomic mass is 10.0. The monoisotopic (exact) mass is 845 g/mol. The highest BCUT2D eigenvalue weighted by molar-refractivity contribution is 7.47. The van der Waals surface area contributed by atoms with Gasteiger partial charge in [0.1, 0.15) is 19.8 Å². The number of esters is 2. The van der Waals surface area contributed by atoms with Crippen LogP contribution in [0.25, 0.3) is 0 Å². The summed E-state index contributed by atoms with van der Waals surface area (Å²) < 4.78 is 34.3. The van der Waals surface area contributed by atoms with Crippen molar-refractivity contribution >= 4 is 19.8 Å². The topological polar surface area (TPSA) is 108 Å². The van der Waals surface area contributed by atoms with Crippen LogP contribution in [0.4, 0.5) is 0 Å². The Labute approximate surface area is 358 Å². The Bertz CT molecular complexity index is 1000. The first kappa shape index (κ1) is 56.8. The molecule has 1 N–H and O–H groups in total. The van der Waals surface area contributed by atoms with Gasteiger partial charge in [-0.25, -0.2) is 4.57 Å². The van der Waals surface area contributed by atoms with Gasteiger partial charge in [0.25, 0.3) is 0 Å². The Morgan fingerprint density at radius 3 is 1.28 bits per heavy atom. The van der Waals surface area contributed by atoms with Gasteiger partial charge in [-0.05, 0) is 38.5 Å². The van der Waals surface area contributed by atoms with Crippen LogP contribution in [0.1, 0.15) is 232 Å². The maximum absolute atomic E-state index is 12.7. The maximum Gasteiger partial charge on any atom is 0.472 e. The maximum atomic E-state index is 12.7. The lowest BCUT2D eigenvalue weighted by molar-refractivity contribution is -0.870. The van der Waals surface area contributed by atoms with Crippen LogP contribution in [0.2, 0.25) is 0 Å². The fourth-order valence-electron chi connectivity index (χ4n) is 6.95. The van der Waals surface area contributed by atoms with Crippen LogP contribution in [-0.2, 0) is 32.7 Å². The van der Waals surface area contributed by atoms with E-state index in [9.17, 15) is 19.0 Å². The molecule has 10 heteroatoms. The van der Waals surface area contributed by atoms with Gasteiger partial charge in [-0.1, -0.05) is 193 Å². The first-order valence-electron chi connectivity index (χ1n) is 24.4. The second kappa shape index (κ2) is 41.1. The number of quaternary nitrogens is 1. The number of likely N-dealkylation sites (N-methyl/N-ethyl adjacent to an activating group) is 1. The van der Waals surface area contributed by atoms with Gasteiger partial charge in [0.2, 0.25) is 0 Å². The molecule has 0 radical (unpaired) electrons. The summed E-state index contributed by atoms with van der Waals surface area (Å²) >= 11 is 0. The van der Waals surface area contributed by atoms with Crippen LogP contribution >= 0.6 is 7.82 Å². The summed E-state index contributed by atoms with van der Waals surface area (Å²) in [6, 6.07) is 0. The summed E-state index contributed by atoms with van der Waals surface area (Å²) in [4.78, 5) is 35.3. The smallest absolute Gasteiger partial charge is 0.462 e. The van der Waals surface area contributed by atoms with E-state index in [0.29, 0.717) is 23.9 Å². The molecule has 2 atom stereocenters. The lowest BCUT2D eigenvalue weighted by Crippen LogP contribution is -2.37. The zero-order valence-corrected chi connectivity index (χ0v) is 39.7. The summed E-state index contributed by atoms with van der Waals surface area (Å²) in [5.41, 5.74) is 0. The van der Waals surface area contributed by atoms with Gasteiger partial charge < -0.3 is 18.9 Å². The third-order valence-electron chi connectivity index (χ3n) is 10.8. The van der Waals surface area contributed by atoms with E-state index in [2.05, 4.69) is 26.0 Å². The zero-order chi connectivity index (χ0) is 42.8. The number of unbranched alkanes of at least 4 members (excludes halogenated alkanes) is 29. The quantitative estimate of drug-likeness (QED) is 0.0212. The number of rotatable bonds is 45. The average Bonchev–Trinajstić information content (AvgIpc) is 3.17. The Hall–Kier alpha value is -1.25. The first-order valence-corrected chi connectivity index (χ1v) is 25.9. The average molecular weight is 845 g/mol. The van der Waals surface area contributed by atoms with Crippen molar-refractivity contribution in [2.45, 2.75) is 238 Å². The van der Waals surface area contributed by atoms with E-state index in [1.807, 2.05) is 21.1 Å². The highest BCUT2D eigenvalue weighted by Crippen LogP contribution is 2.43. The molecule has 2 unspecified atom stereocenters. The number of hydrogen-bond donors (Lipinski definition) is 1. The normalized spacial score (nSPS) is 13.6. The Kier molecular flexibility index (Phi) is 40.2. The number of carbonyl (C=O) groups excluding carboxylic acids is 2. The van der Waals surface area contributed by atoms with Gasteiger partial charge in [-0.15, -0.1) is 0 Å². The fraction of sp³-hybridized carbons (Fsp3) is 0.917. The van der Waals surface area contributed by atoms with Gasteiger partial charge in [-0.2, -0.15) is 0 Å². The van der Waals surface area contributed by atoms with Crippen LogP contribution in [0.3, 0.4) is 0 Å². The molecular weight excluding hydrogens is 750 g/mol. The highest BCUT2D eigenvalue weighted by atomic mass is 31.2. The van der Waals surface area contributed by atoms with E-state index in [4.69, 9.17) is 18.5 Å². The predicted molar refractivity (Wildman–Crippen MR) is 243 cm³/mol. The van der Waals surface area contributed by atoms with Crippen LogP contribution in [0.5, 0.6) is 0 Å². The summed E-state index contributed by atoms with van der Waals surface area (Å²) in [5, 5.41) is 0. The van der Waals surface area contributed by atoms with E-state index in [0.717, 1.165) is 32.1 Å². The van der Waals surface area contributed by atoms with Crippen LogP contribution < -0.4 is 0 Å². The molecule has 0 aliphatic heterocycles. The van der Waals surface area contributed by atoms with Crippen LogP contribution in [-0.4, -0.2) is 74.9 Å². The molecule has 344 valence electrons. The molecule has 0 saturated heterocycles. The van der Waals surface area contributed by atoms with Gasteiger partial charge in [0.15, 0.2) is 6.10 Å². The van der Waals surface area contributed by atoms with Crippen LogP contribution in [0.15, 0.2) is 12.2 Å². The van der Waals surface area contributed by atoms with E-state index in [1.165, 1.54) is 167 Å². The molecule has 58 heavy (non-hydrogen) atoms. The van der Waals surface area contributed by atoms with Gasteiger partial charge in [-0.3, -0.25) is 18.6 Å². The van der Waals surface area contributed by atoms with E-state index < -0.39 is 26.5 Å². The molecule has 9 nitrogen and oxygen atoms in total. The minimum Gasteiger partial charge on any atom is -0.462 e. The largest absolute Gasteiger partial charge is 0.472 e. The van der Waals surface area contributed by atoms with E-state index in [1.54, 1.807) is 0 Å². The Morgan fingerprint density at radius 2 is 0.879 bits per heavy atom. The number of nitrogens with zero attached hydrogens (tertiary/aromatic N) is 1. The third-order valence-corrected chi connectivity index (χ3v) is 11.8. The van der Waals surface area contributed by atoms with Crippen LogP contribution in [0, 0.1) is 0 Å². The van der Waals surface area contributed by atoms with Crippen molar-refractivity contribution in [3.05, 3.63) is 12.2 Å². The summed E-state index contributed by atoms with van der Waals surface area (Å²) in [7, 11) is 1.49.